The van der Waals surface area contributed by atoms with Gasteiger partial charge in [-0.25, -0.2) is 0 Å². The number of ketones is 1. The van der Waals surface area contributed by atoms with Crippen LogP contribution >= 0.6 is 0 Å². The van der Waals surface area contributed by atoms with Gasteiger partial charge in [0.25, 0.3) is 0 Å². The molecule has 1 saturated carbocycles. The van der Waals surface area contributed by atoms with E-state index in [2.05, 4.69) is 5.16 Å². The second-order valence-electron chi connectivity index (χ2n) is 5.35. The topological polar surface area (TPSA) is 73.9 Å². The van der Waals surface area contributed by atoms with E-state index in [0.29, 0.717) is 23.1 Å². The number of carbonyl (C=O) groups excluding carboxylic acids is 1. The maximum absolute atomic E-state index is 11.4. The van der Waals surface area contributed by atoms with Crippen LogP contribution in [0.3, 0.4) is 0 Å². The molecule has 0 amide bonds. The lowest BCUT2D eigenvalue weighted by Crippen LogP contribution is -2.21. The van der Waals surface area contributed by atoms with Crippen molar-refractivity contribution in [3.8, 4) is 5.75 Å². The van der Waals surface area contributed by atoms with E-state index in [4.69, 9.17) is 15.3 Å². The number of carbonyl (C=O) groups is 1. The van der Waals surface area contributed by atoms with Gasteiger partial charge in [0.2, 0.25) is 0 Å². The summed E-state index contributed by atoms with van der Waals surface area (Å²) in [5, 5.41) is 4.01. The fourth-order valence-electron chi connectivity index (χ4n) is 2.58. The van der Waals surface area contributed by atoms with Gasteiger partial charge in [-0.05, 0) is 38.0 Å². The lowest BCUT2D eigenvalue weighted by atomic mass is 10.1. The molecule has 2 N–H and O–H groups in total. The third-order valence-corrected chi connectivity index (χ3v) is 3.85. The zero-order chi connectivity index (χ0) is 15.2. The summed E-state index contributed by atoms with van der Waals surface area (Å²) < 4.78 is 5.27. The van der Waals surface area contributed by atoms with Crippen LogP contribution in [0, 0.1) is 5.92 Å². The van der Waals surface area contributed by atoms with Crippen LogP contribution in [0.15, 0.2) is 23.4 Å². The molecule has 1 aliphatic rings. The third-order valence-electron chi connectivity index (χ3n) is 3.85. The molecule has 0 atom stereocenters. The van der Waals surface area contributed by atoms with E-state index in [-0.39, 0.29) is 12.4 Å². The highest BCUT2D eigenvalue weighted by Gasteiger charge is 2.19. The van der Waals surface area contributed by atoms with Gasteiger partial charge in [-0.1, -0.05) is 18.0 Å². The Balaban J connectivity index is 2.02. The lowest BCUT2D eigenvalue weighted by molar-refractivity contribution is 0.101. The van der Waals surface area contributed by atoms with E-state index in [1.165, 1.54) is 19.8 Å². The molecule has 0 aliphatic heterocycles. The van der Waals surface area contributed by atoms with Gasteiger partial charge < -0.3 is 15.3 Å². The molecule has 0 unspecified atom stereocenters. The number of methoxy groups -OCH3 is 1. The Morgan fingerprint density at radius 3 is 2.71 bits per heavy atom. The summed E-state index contributed by atoms with van der Waals surface area (Å²) >= 11 is 0. The highest BCUT2D eigenvalue weighted by atomic mass is 16.6. The fraction of sp³-hybridized carbons (Fsp3) is 0.500. The Kier molecular flexibility index (Phi) is 5.20. The van der Waals surface area contributed by atoms with Gasteiger partial charge in [-0.3, -0.25) is 4.79 Å². The number of benzene rings is 1. The molecule has 0 aromatic heterocycles. The fourth-order valence-corrected chi connectivity index (χ4v) is 2.58. The molecule has 1 aliphatic carbocycles. The van der Waals surface area contributed by atoms with Crippen LogP contribution in [0.1, 0.15) is 48.5 Å². The van der Waals surface area contributed by atoms with Gasteiger partial charge in [-0.2, -0.15) is 0 Å². The average molecular weight is 290 g/mol. The summed E-state index contributed by atoms with van der Waals surface area (Å²) in [6, 6.07) is 5.27. The summed E-state index contributed by atoms with van der Waals surface area (Å²) in [6.07, 6.45) is 4.58. The molecule has 1 aromatic rings. The van der Waals surface area contributed by atoms with Crippen molar-refractivity contribution in [2.75, 3.05) is 7.11 Å². The molecule has 2 rings (SSSR count). The molecule has 0 heterocycles. The van der Waals surface area contributed by atoms with Crippen LogP contribution in [0.4, 0.5) is 0 Å². The first-order valence-corrected chi connectivity index (χ1v) is 7.25. The molecule has 1 aromatic carbocycles. The molecule has 5 nitrogen and oxygen atoms in total. The largest absolute Gasteiger partial charge is 0.496 e. The van der Waals surface area contributed by atoms with E-state index >= 15 is 0 Å². The number of nitrogens with two attached hydrogens (primary N) is 1. The highest BCUT2D eigenvalue weighted by Crippen LogP contribution is 2.25. The minimum Gasteiger partial charge on any atom is -0.496 e. The Bertz CT molecular complexity index is 534. The third kappa shape index (κ3) is 3.97. The van der Waals surface area contributed by atoms with Crippen LogP contribution in [0.2, 0.25) is 0 Å². The van der Waals surface area contributed by atoms with Crippen LogP contribution < -0.4 is 10.5 Å². The van der Waals surface area contributed by atoms with Crippen molar-refractivity contribution in [1.29, 1.82) is 0 Å². The van der Waals surface area contributed by atoms with Crippen molar-refractivity contribution in [3.63, 3.8) is 0 Å². The van der Waals surface area contributed by atoms with Crippen LogP contribution in [0.5, 0.6) is 5.75 Å². The normalized spacial score (nSPS) is 16.0. The maximum Gasteiger partial charge on any atom is 0.159 e. The molecule has 5 heteroatoms. The minimum atomic E-state index is 0.00729. The number of oxime groups is 1. The van der Waals surface area contributed by atoms with Gasteiger partial charge in [0, 0.05) is 17.0 Å². The van der Waals surface area contributed by atoms with Crippen LogP contribution in [-0.2, 0) is 11.4 Å². The SMILES string of the molecule is COc1ccc(C(C)=O)cc1CO/N=C(/N)C1CCCC1. The number of hydrogen-bond acceptors (Lipinski definition) is 4. The van der Waals surface area contributed by atoms with E-state index in [9.17, 15) is 4.79 Å². The lowest BCUT2D eigenvalue weighted by Gasteiger charge is -2.10. The summed E-state index contributed by atoms with van der Waals surface area (Å²) in [5.41, 5.74) is 7.34. The quantitative estimate of drug-likeness (QED) is 0.378. The number of amidine groups is 1. The van der Waals surface area contributed by atoms with Gasteiger partial charge in [0.1, 0.15) is 18.2 Å². The minimum absolute atomic E-state index is 0.00729. The highest BCUT2D eigenvalue weighted by molar-refractivity contribution is 5.94. The molecule has 1 fully saturated rings. The monoisotopic (exact) mass is 290 g/mol. The number of Topliss-reactive ketones (excluding diaryl/α,β-unsaturated/α-hetero) is 1. The van der Waals surface area contributed by atoms with Crippen LogP contribution in [0.25, 0.3) is 0 Å². The molecule has 0 spiro atoms. The van der Waals surface area contributed by atoms with Gasteiger partial charge in [-0.15, -0.1) is 0 Å². The first kappa shape index (κ1) is 15.4. The van der Waals surface area contributed by atoms with E-state index in [1.807, 2.05) is 0 Å². The second-order valence-corrected chi connectivity index (χ2v) is 5.35. The molecule has 0 saturated heterocycles. The Morgan fingerprint density at radius 2 is 2.10 bits per heavy atom. The number of rotatable bonds is 6. The zero-order valence-electron chi connectivity index (χ0n) is 12.6. The zero-order valence-corrected chi connectivity index (χ0v) is 12.6. The number of nitrogens with zero attached hydrogens (tertiary/aromatic N) is 1. The van der Waals surface area contributed by atoms with Crippen molar-refractivity contribution in [2.24, 2.45) is 16.8 Å². The summed E-state index contributed by atoms with van der Waals surface area (Å²) in [7, 11) is 1.59. The Labute approximate surface area is 125 Å². The second kappa shape index (κ2) is 7.11. The van der Waals surface area contributed by atoms with Gasteiger partial charge in [0.05, 0.1) is 7.11 Å². The first-order valence-electron chi connectivity index (χ1n) is 7.25. The van der Waals surface area contributed by atoms with Crippen molar-refractivity contribution in [3.05, 3.63) is 29.3 Å². The standard InChI is InChI=1S/C16H22N2O3/c1-11(19)13-7-8-15(20-2)14(9-13)10-21-18-16(17)12-5-3-4-6-12/h7-9,12H,3-6,10H2,1-2H3,(H2,17,18). The smallest absolute Gasteiger partial charge is 0.159 e. The molecular weight excluding hydrogens is 268 g/mol. The number of hydrogen-bond donors (Lipinski definition) is 1. The van der Waals surface area contributed by atoms with Crippen LogP contribution in [-0.4, -0.2) is 18.7 Å². The van der Waals surface area contributed by atoms with E-state index < -0.39 is 0 Å². The maximum atomic E-state index is 11.4. The van der Waals surface area contributed by atoms with Crippen molar-refractivity contribution < 1.29 is 14.4 Å². The molecule has 0 bridgehead atoms. The molecule has 0 radical (unpaired) electrons. The summed E-state index contributed by atoms with van der Waals surface area (Å²) in [5.74, 6) is 1.59. The molecular formula is C16H22N2O3. The summed E-state index contributed by atoms with van der Waals surface area (Å²) in [4.78, 5) is 16.8. The Morgan fingerprint density at radius 1 is 1.38 bits per heavy atom. The molecule has 21 heavy (non-hydrogen) atoms. The average Bonchev–Trinajstić information content (AvgIpc) is 3.01. The van der Waals surface area contributed by atoms with Crippen molar-refractivity contribution in [2.45, 2.75) is 39.2 Å². The molecule has 114 valence electrons. The summed E-state index contributed by atoms with van der Waals surface area (Å²) in [6.45, 7) is 1.76. The predicted molar refractivity (Wildman–Crippen MR) is 81.4 cm³/mol. The first-order chi connectivity index (χ1) is 10.1. The predicted octanol–water partition coefficient (Wildman–Crippen LogP) is 2.88. The number of ether oxygens (including phenoxy) is 1. The van der Waals surface area contributed by atoms with E-state index in [1.54, 1.807) is 25.3 Å². The van der Waals surface area contributed by atoms with E-state index in [0.717, 1.165) is 18.4 Å². The van der Waals surface area contributed by atoms with Gasteiger partial charge >= 0.3 is 0 Å². The van der Waals surface area contributed by atoms with Crippen molar-refractivity contribution in [1.82, 2.24) is 0 Å². The van der Waals surface area contributed by atoms with Gasteiger partial charge in [0.15, 0.2) is 5.78 Å². The van der Waals surface area contributed by atoms with Crippen molar-refractivity contribution >= 4 is 11.6 Å². The Hall–Kier alpha value is -2.04.